The Morgan fingerprint density at radius 3 is 2.42 bits per heavy atom. The zero-order valence-electron chi connectivity index (χ0n) is 11.6. The summed E-state index contributed by atoms with van der Waals surface area (Å²) < 4.78 is 0. The first-order valence-electron chi connectivity index (χ1n) is 6.46. The van der Waals surface area contributed by atoms with Crippen LogP contribution in [0.4, 0.5) is 0 Å². The van der Waals surface area contributed by atoms with Gasteiger partial charge in [-0.3, -0.25) is 9.59 Å². The fraction of sp³-hybridized carbons (Fsp3) is 0.467. The Morgan fingerprint density at radius 1 is 1.26 bits per heavy atom. The maximum absolute atomic E-state index is 11.7. The fourth-order valence-electron chi connectivity index (χ4n) is 1.96. The van der Waals surface area contributed by atoms with Gasteiger partial charge in [-0.05, 0) is 38.3 Å². The van der Waals surface area contributed by atoms with E-state index >= 15 is 0 Å². The summed E-state index contributed by atoms with van der Waals surface area (Å²) in [6, 6.07) is 7.68. The van der Waals surface area contributed by atoms with Gasteiger partial charge in [0.15, 0.2) is 0 Å². The molecule has 0 aromatic heterocycles. The zero-order chi connectivity index (χ0) is 14.4. The first-order chi connectivity index (χ1) is 8.90. The second-order valence-corrected chi connectivity index (χ2v) is 5.09. The number of nitrogens with one attached hydrogen (secondary N) is 1. The molecule has 0 heterocycles. The average Bonchev–Trinajstić information content (AvgIpc) is 2.29. The number of hydrogen-bond acceptors (Lipinski definition) is 2. The Balaban J connectivity index is 2.71. The minimum absolute atomic E-state index is 0.0157. The number of carboxylic acid groups (broad SMARTS) is 1. The maximum Gasteiger partial charge on any atom is 0.307 e. The number of amides is 1. The van der Waals surface area contributed by atoms with E-state index in [0.29, 0.717) is 6.42 Å². The Kier molecular flexibility index (Phi) is 5.55. The number of rotatable bonds is 6. The second kappa shape index (κ2) is 6.92. The molecule has 1 rings (SSSR count). The molecule has 1 atom stereocenters. The van der Waals surface area contributed by atoms with Gasteiger partial charge in [0.1, 0.15) is 0 Å². The van der Waals surface area contributed by atoms with E-state index in [1.165, 1.54) is 0 Å². The Morgan fingerprint density at radius 2 is 1.89 bits per heavy atom. The number of aryl methyl sites for hydroxylation is 1. The van der Waals surface area contributed by atoms with E-state index in [1.54, 1.807) is 0 Å². The Hall–Kier alpha value is -1.84. The van der Waals surface area contributed by atoms with Crippen molar-refractivity contribution in [2.45, 2.75) is 39.7 Å². The van der Waals surface area contributed by atoms with Crippen LogP contribution >= 0.6 is 0 Å². The molecular weight excluding hydrogens is 242 g/mol. The van der Waals surface area contributed by atoms with Crippen molar-refractivity contribution in [1.29, 1.82) is 0 Å². The summed E-state index contributed by atoms with van der Waals surface area (Å²) in [6.07, 6.45) is 0.398. The second-order valence-electron chi connectivity index (χ2n) is 5.09. The highest BCUT2D eigenvalue weighted by Crippen LogP contribution is 2.16. The number of carbonyl (C=O) groups excluding carboxylic acids is 1. The molecule has 4 nitrogen and oxygen atoms in total. The van der Waals surface area contributed by atoms with Crippen LogP contribution in [0.25, 0.3) is 0 Å². The molecule has 4 heteroatoms. The van der Waals surface area contributed by atoms with Crippen molar-refractivity contribution in [3.63, 3.8) is 0 Å². The van der Waals surface area contributed by atoms with E-state index in [-0.39, 0.29) is 18.4 Å². The monoisotopic (exact) mass is 263 g/mol. The van der Waals surface area contributed by atoms with Crippen molar-refractivity contribution in [2.24, 2.45) is 5.92 Å². The van der Waals surface area contributed by atoms with E-state index in [2.05, 4.69) is 5.32 Å². The van der Waals surface area contributed by atoms with Crippen LogP contribution in [0.3, 0.4) is 0 Å². The van der Waals surface area contributed by atoms with Crippen molar-refractivity contribution >= 4 is 11.9 Å². The molecule has 1 aromatic carbocycles. The molecule has 1 unspecified atom stereocenters. The van der Waals surface area contributed by atoms with E-state index < -0.39 is 11.9 Å². The largest absolute Gasteiger partial charge is 0.481 e. The van der Waals surface area contributed by atoms with Crippen molar-refractivity contribution in [2.75, 3.05) is 0 Å². The van der Waals surface area contributed by atoms with Gasteiger partial charge in [0, 0.05) is 12.5 Å². The van der Waals surface area contributed by atoms with Gasteiger partial charge in [0.05, 0.1) is 5.92 Å². The highest BCUT2D eigenvalue weighted by Gasteiger charge is 2.22. The van der Waals surface area contributed by atoms with Crippen LogP contribution in [0.2, 0.25) is 0 Å². The van der Waals surface area contributed by atoms with Crippen LogP contribution in [0, 0.1) is 12.8 Å². The van der Waals surface area contributed by atoms with E-state index in [4.69, 9.17) is 0 Å². The van der Waals surface area contributed by atoms with Crippen molar-refractivity contribution in [3.05, 3.63) is 35.4 Å². The molecule has 0 saturated carbocycles. The average molecular weight is 263 g/mol. The first-order valence-corrected chi connectivity index (χ1v) is 6.46. The zero-order valence-corrected chi connectivity index (χ0v) is 11.6. The van der Waals surface area contributed by atoms with Gasteiger partial charge in [-0.2, -0.15) is 0 Å². The van der Waals surface area contributed by atoms with E-state index in [1.807, 2.05) is 45.0 Å². The summed E-state index contributed by atoms with van der Waals surface area (Å²) in [5.74, 6) is -1.82. The van der Waals surface area contributed by atoms with Crippen molar-refractivity contribution in [3.8, 4) is 0 Å². The minimum atomic E-state index is -0.929. The summed E-state index contributed by atoms with van der Waals surface area (Å²) in [7, 11) is 0. The van der Waals surface area contributed by atoms with Crippen LogP contribution in [0.15, 0.2) is 24.3 Å². The van der Waals surface area contributed by atoms with Crippen LogP contribution in [-0.2, 0) is 16.0 Å². The van der Waals surface area contributed by atoms with Gasteiger partial charge in [0.2, 0.25) is 5.91 Å². The lowest BCUT2D eigenvalue weighted by Crippen LogP contribution is -2.33. The molecule has 0 fully saturated rings. The number of hydrogen-bond donors (Lipinski definition) is 2. The molecule has 0 saturated heterocycles. The summed E-state index contributed by atoms with van der Waals surface area (Å²) >= 11 is 0. The molecular formula is C15H21NO3. The molecule has 0 spiro atoms. The summed E-state index contributed by atoms with van der Waals surface area (Å²) in [6.45, 7) is 5.66. The number of carboxylic acids is 1. The Bertz CT molecular complexity index is 454. The molecule has 1 aromatic rings. The van der Waals surface area contributed by atoms with Gasteiger partial charge in [-0.15, -0.1) is 0 Å². The fourth-order valence-corrected chi connectivity index (χ4v) is 1.96. The predicted molar refractivity (Wildman–Crippen MR) is 73.9 cm³/mol. The molecule has 0 radical (unpaired) electrons. The van der Waals surface area contributed by atoms with Gasteiger partial charge in [0.25, 0.3) is 0 Å². The SMILES string of the molecule is Cc1ccccc1CC(CC(=O)NC(C)C)C(=O)O. The molecule has 0 aliphatic carbocycles. The van der Waals surface area contributed by atoms with Crippen molar-refractivity contribution < 1.29 is 14.7 Å². The molecule has 0 bridgehead atoms. The highest BCUT2D eigenvalue weighted by molar-refractivity contribution is 5.82. The lowest BCUT2D eigenvalue weighted by Gasteiger charge is -2.15. The Labute approximate surface area is 113 Å². The van der Waals surface area contributed by atoms with Gasteiger partial charge < -0.3 is 10.4 Å². The van der Waals surface area contributed by atoms with Crippen LogP contribution in [0.5, 0.6) is 0 Å². The summed E-state index contributed by atoms with van der Waals surface area (Å²) in [4.78, 5) is 22.9. The van der Waals surface area contributed by atoms with Crippen molar-refractivity contribution in [1.82, 2.24) is 5.32 Å². The third kappa shape index (κ3) is 5.12. The molecule has 104 valence electrons. The normalized spacial score (nSPS) is 12.2. The summed E-state index contributed by atoms with van der Waals surface area (Å²) in [5.41, 5.74) is 2.03. The molecule has 0 aliphatic rings. The molecule has 2 N–H and O–H groups in total. The van der Waals surface area contributed by atoms with Crippen LogP contribution < -0.4 is 5.32 Å². The number of aliphatic carboxylic acids is 1. The molecule has 1 amide bonds. The maximum atomic E-state index is 11.7. The third-order valence-corrected chi connectivity index (χ3v) is 2.96. The third-order valence-electron chi connectivity index (χ3n) is 2.96. The lowest BCUT2D eigenvalue weighted by molar-refractivity contribution is -0.144. The van der Waals surface area contributed by atoms with E-state index in [9.17, 15) is 14.7 Å². The van der Waals surface area contributed by atoms with E-state index in [0.717, 1.165) is 11.1 Å². The smallest absolute Gasteiger partial charge is 0.307 e. The topological polar surface area (TPSA) is 66.4 Å². The number of benzene rings is 1. The standard InChI is InChI=1S/C15H21NO3/c1-10(2)16-14(17)9-13(15(18)19)8-12-7-5-4-6-11(12)3/h4-7,10,13H,8-9H2,1-3H3,(H,16,17)(H,18,19). The molecule has 19 heavy (non-hydrogen) atoms. The highest BCUT2D eigenvalue weighted by atomic mass is 16.4. The number of carbonyl (C=O) groups is 2. The minimum Gasteiger partial charge on any atom is -0.481 e. The quantitative estimate of drug-likeness (QED) is 0.826. The van der Waals surface area contributed by atoms with Gasteiger partial charge >= 0.3 is 5.97 Å². The van der Waals surface area contributed by atoms with Crippen LogP contribution in [0.1, 0.15) is 31.4 Å². The lowest BCUT2D eigenvalue weighted by atomic mass is 9.93. The first kappa shape index (κ1) is 15.2. The summed E-state index contributed by atoms with van der Waals surface area (Å²) in [5, 5.41) is 12.0. The van der Waals surface area contributed by atoms with Gasteiger partial charge in [-0.25, -0.2) is 0 Å². The molecule has 0 aliphatic heterocycles. The van der Waals surface area contributed by atoms with Crippen LogP contribution in [-0.4, -0.2) is 23.0 Å². The van der Waals surface area contributed by atoms with Gasteiger partial charge in [-0.1, -0.05) is 24.3 Å². The predicted octanol–water partition coefficient (Wildman–Crippen LogP) is 2.15.